The van der Waals surface area contributed by atoms with Crippen LogP contribution < -0.4 is 0 Å². The number of alkyl halides is 2. The molecule has 0 heterocycles. The van der Waals surface area contributed by atoms with Crippen LogP contribution in [0.15, 0.2) is 18.2 Å². The summed E-state index contributed by atoms with van der Waals surface area (Å²) in [6.45, 7) is 0. The highest BCUT2D eigenvalue weighted by Gasteiger charge is 2.13. The Morgan fingerprint density at radius 2 is 2.00 bits per heavy atom. The van der Waals surface area contributed by atoms with E-state index in [1.807, 2.05) is 0 Å². The lowest BCUT2D eigenvalue weighted by Gasteiger charge is -2.02. The molecule has 11 heavy (non-hydrogen) atoms. The maximum atomic E-state index is 12.0. The molecule has 4 heteroatoms. The summed E-state index contributed by atoms with van der Waals surface area (Å²) in [7, 11) is 0. The standard InChI is InChI=1S/C7H5ClF2O/c8-5-3-1-2-4(6(5)11)7(9)10/h1-3,7,11H. The van der Waals surface area contributed by atoms with Crippen molar-refractivity contribution in [3.8, 4) is 5.75 Å². The first-order chi connectivity index (χ1) is 5.13. The van der Waals surface area contributed by atoms with Gasteiger partial charge >= 0.3 is 0 Å². The van der Waals surface area contributed by atoms with E-state index in [2.05, 4.69) is 0 Å². The molecule has 0 aromatic heterocycles. The van der Waals surface area contributed by atoms with Crippen LogP contribution in [0.2, 0.25) is 5.02 Å². The van der Waals surface area contributed by atoms with Crippen molar-refractivity contribution >= 4 is 11.6 Å². The number of rotatable bonds is 1. The van der Waals surface area contributed by atoms with Crippen molar-refractivity contribution in [3.63, 3.8) is 0 Å². The normalized spacial score (nSPS) is 10.5. The number of phenols is 1. The zero-order valence-corrected chi connectivity index (χ0v) is 6.15. The molecule has 0 saturated carbocycles. The molecule has 60 valence electrons. The predicted octanol–water partition coefficient (Wildman–Crippen LogP) is 2.98. The lowest BCUT2D eigenvalue weighted by molar-refractivity contribution is 0.147. The van der Waals surface area contributed by atoms with E-state index in [1.165, 1.54) is 12.1 Å². The van der Waals surface area contributed by atoms with Gasteiger partial charge in [-0.3, -0.25) is 0 Å². The average Bonchev–Trinajstić information content (AvgIpc) is 1.94. The summed E-state index contributed by atoms with van der Waals surface area (Å²) >= 11 is 5.37. The highest BCUT2D eigenvalue weighted by atomic mass is 35.5. The Hall–Kier alpha value is -0.830. The van der Waals surface area contributed by atoms with Crippen LogP contribution in [0.25, 0.3) is 0 Å². The van der Waals surface area contributed by atoms with Gasteiger partial charge in [0.15, 0.2) is 0 Å². The topological polar surface area (TPSA) is 20.2 Å². The number of hydrogen-bond donors (Lipinski definition) is 1. The van der Waals surface area contributed by atoms with E-state index in [4.69, 9.17) is 16.7 Å². The second-order valence-electron chi connectivity index (χ2n) is 1.98. The minimum absolute atomic E-state index is 0.0530. The third kappa shape index (κ3) is 1.60. The molecule has 1 N–H and O–H groups in total. The Bertz CT molecular complexity index is 263. The van der Waals surface area contributed by atoms with E-state index >= 15 is 0 Å². The molecule has 0 aliphatic rings. The monoisotopic (exact) mass is 178 g/mol. The molecule has 1 rings (SSSR count). The Balaban J connectivity index is 3.17. The van der Waals surface area contributed by atoms with Gasteiger partial charge in [0.1, 0.15) is 5.75 Å². The van der Waals surface area contributed by atoms with Gasteiger partial charge in [-0.2, -0.15) is 0 Å². The Morgan fingerprint density at radius 1 is 1.36 bits per heavy atom. The van der Waals surface area contributed by atoms with E-state index in [1.54, 1.807) is 0 Å². The zero-order valence-electron chi connectivity index (χ0n) is 5.39. The number of phenolic OH excluding ortho intramolecular Hbond substituents is 1. The summed E-state index contributed by atoms with van der Waals surface area (Å²) in [6.07, 6.45) is -2.69. The maximum Gasteiger partial charge on any atom is 0.267 e. The predicted molar refractivity (Wildman–Crippen MR) is 38.1 cm³/mol. The van der Waals surface area contributed by atoms with Gasteiger partial charge < -0.3 is 5.11 Å². The van der Waals surface area contributed by atoms with Crippen LogP contribution in [0, 0.1) is 0 Å². The minimum Gasteiger partial charge on any atom is -0.506 e. The molecule has 0 bridgehead atoms. The van der Waals surface area contributed by atoms with Gasteiger partial charge in [-0.1, -0.05) is 17.7 Å². The van der Waals surface area contributed by atoms with Crippen LogP contribution >= 0.6 is 11.6 Å². The zero-order chi connectivity index (χ0) is 8.43. The van der Waals surface area contributed by atoms with Crippen molar-refractivity contribution in [2.45, 2.75) is 6.43 Å². The highest BCUT2D eigenvalue weighted by Crippen LogP contribution is 2.33. The molecule has 0 aliphatic carbocycles. The van der Waals surface area contributed by atoms with Gasteiger partial charge in [0.2, 0.25) is 0 Å². The smallest absolute Gasteiger partial charge is 0.267 e. The van der Waals surface area contributed by atoms with Gasteiger partial charge in [-0.15, -0.1) is 0 Å². The summed E-state index contributed by atoms with van der Waals surface area (Å²) < 4.78 is 24.0. The van der Waals surface area contributed by atoms with Gasteiger partial charge in [0.25, 0.3) is 6.43 Å². The molecular formula is C7H5ClF2O. The van der Waals surface area contributed by atoms with Crippen LogP contribution in [-0.2, 0) is 0 Å². The number of benzene rings is 1. The molecule has 1 aromatic carbocycles. The van der Waals surface area contributed by atoms with Gasteiger partial charge in [0.05, 0.1) is 10.6 Å². The first-order valence-corrected chi connectivity index (χ1v) is 3.26. The Labute approximate surface area is 67.2 Å². The fourth-order valence-electron chi connectivity index (χ4n) is 0.708. The van der Waals surface area contributed by atoms with Crippen LogP contribution in [-0.4, -0.2) is 5.11 Å². The summed E-state index contributed by atoms with van der Waals surface area (Å²) in [6, 6.07) is 3.85. The second kappa shape index (κ2) is 3.05. The van der Waals surface area contributed by atoms with E-state index < -0.39 is 17.7 Å². The molecule has 1 nitrogen and oxygen atoms in total. The molecular weight excluding hydrogens is 174 g/mol. The summed E-state index contributed by atoms with van der Waals surface area (Å²) in [5.74, 6) is -0.538. The fourth-order valence-corrected chi connectivity index (χ4v) is 0.890. The average molecular weight is 179 g/mol. The first-order valence-electron chi connectivity index (χ1n) is 2.88. The summed E-state index contributed by atoms with van der Waals surface area (Å²) in [5, 5.41) is 8.90. The molecule has 0 amide bonds. The highest BCUT2D eigenvalue weighted by molar-refractivity contribution is 6.32. The Kier molecular flexibility index (Phi) is 2.29. The molecule has 0 saturated heterocycles. The quantitative estimate of drug-likeness (QED) is 0.701. The van der Waals surface area contributed by atoms with Crippen molar-refractivity contribution in [1.29, 1.82) is 0 Å². The molecule has 0 radical (unpaired) electrons. The van der Waals surface area contributed by atoms with Crippen molar-refractivity contribution < 1.29 is 13.9 Å². The van der Waals surface area contributed by atoms with Gasteiger partial charge in [-0.25, -0.2) is 8.78 Å². The van der Waals surface area contributed by atoms with Crippen LogP contribution in [0.3, 0.4) is 0 Å². The van der Waals surface area contributed by atoms with Crippen molar-refractivity contribution in [1.82, 2.24) is 0 Å². The van der Waals surface area contributed by atoms with Crippen molar-refractivity contribution in [2.75, 3.05) is 0 Å². The van der Waals surface area contributed by atoms with Crippen LogP contribution in [0.4, 0.5) is 8.78 Å². The third-order valence-electron chi connectivity index (χ3n) is 1.25. The lowest BCUT2D eigenvalue weighted by atomic mass is 10.2. The fraction of sp³-hybridized carbons (Fsp3) is 0.143. The van der Waals surface area contributed by atoms with Crippen molar-refractivity contribution in [3.05, 3.63) is 28.8 Å². The third-order valence-corrected chi connectivity index (χ3v) is 1.56. The molecule has 0 unspecified atom stereocenters. The van der Waals surface area contributed by atoms with Crippen molar-refractivity contribution in [2.24, 2.45) is 0 Å². The van der Waals surface area contributed by atoms with Gasteiger partial charge in [-0.05, 0) is 12.1 Å². The number of hydrogen-bond acceptors (Lipinski definition) is 1. The summed E-state index contributed by atoms with van der Waals surface area (Å²) in [5.41, 5.74) is -0.433. The molecule has 0 spiro atoms. The maximum absolute atomic E-state index is 12.0. The number of para-hydroxylation sites is 1. The Morgan fingerprint density at radius 3 is 2.45 bits per heavy atom. The van der Waals surface area contributed by atoms with Crippen LogP contribution in [0.1, 0.15) is 12.0 Å². The molecule has 0 fully saturated rings. The molecule has 1 aromatic rings. The van der Waals surface area contributed by atoms with E-state index in [0.717, 1.165) is 6.07 Å². The van der Waals surface area contributed by atoms with E-state index in [-0.39, 0.29) is 5.02 Å². The van der Waals surface area contributed by atoms with Gasteiger partial charge in [0, 0.05) is 0 Å². The SMILES string of the molecule is Oc1c(Cl)cccc1C(F)F. The molecule has 0 aliphatic heterocycles. The summed E-state index contributed by atoms with van der Waals surface area (Å²) in [4.78, 5) is 0. The van der Waals surface area contributed by atoms with E-state index in [0.29, 0.717) is 0 Å². The van der Waals surface area contributed by atoms with Crippen LogP contribution in [0.5, 0.6) is 5.75 Å². The second-order valence-corrected chi connectivity index (χ2v) is 2.39. The molecule has 0 atom stereocenters. The first kappa shape index (κ1) is 8.27. The number of halogens is 3. The minimum atomic E-state index is -2.69. The largest absolute Gasteiger partial charge is 0.506 e. The lowest BCUT2D eigenvalue weighted by Crippen LogP contribution is -1.84. The number of aromatic hydroxyl groups is 1. The van der Waals surface area contributed by atoms with E-state index in [9.17, 15) is 8.78 Å².